The van der Waals surface area contributed by atoms with Crippen LogP contribution in [0, 0.1) is 25.7 Å². The van der Waals surface area contributed by atoms with E-state index in [9.17, 15) is 4.79 Å². The monoisotopic (exact) mass is 630 g/mol. The Morgan fingerprint density at radius 1 is 0.828 bits per heavy atom. The van der Waals surface area contributed by atoms with Crippen molar-refractivity contribution in [3.8, 4) is 0 Å². The Bertz CT molecular complexity index is 491. The number of carboxylic acids is 1. The van der Waals surface area contributed by atoms with Crippen LogP contribution in [0.3, 0.4) is 0 Å². The summed E-state index contributed by atoms with van der Waals surface area (Å²) in [6.07, 6.45) is 0. The van der Waals surface area contributed by atoms with Gasteiger partial charge in [0.2, 0.25) is 0 Å². The van der Waals surface area contributed by atoms with E-state index < -0.39 is 33.2 Å². The molecule has 0 bridgehead atoms. The first-order valence-corrected chi connectivity index (χ1v) is 7.86. The summed E-state index contributed by atoms with van der Waals surface area (Å²) in [5.41, 5.74) is 0. The van der Waals surface area contributed by atoms with Crippen molar-refractivity contribution in [2.24, 2.45) is 0 Å². The van der Waals surface area contributed by atoms with E-state index in [1.165, 1.54) is 0 Å². The standard InChI is InChI=1S/C6H10O2.C4H9O.C2H3O2.2Na.2O3S.2Y/c1-5(2)4-8-6(3)7;1-4(2)3-5;1-2(3)4;;;2*1-4(2)3;;/h3-4H2,1-2H3;5H,3H2,1-2H3;1H2,(H,3,4);;;;;;/q-2;2*-1;2*+1;;;;. The molecule has 0 aliphatic heterocycles. The fourth-order valence-corrected chi connectivity index (χ4v) is 0.225. The third-order valence-electron chi connectivity index (χ3n) is 0.838. The second-order valence-electron chi connectivity index (χ2n) is 4.03. The molecule has 158 valence electrons. The Balaban J connectivity index is -0.0000000246. The van der Waals surface area contributed by atoms with Crippen LogP contribution in [0.2, 0.25) is 0 Å². The molecule has 0 aromatic heterocycles. The number of carbonyl (C=O) groups is 2. The van der Waals surface area contributed by atoms with Gasteiger partial charge in [-0.15, -0.1) is 25.3 Å². The summed E-state index contributed by atoms with van der Waals surface area (Å²) in [5, 5.41) is 15.4. The molecule has 0 saturated heterocycles. The van der Waals surface area contributed by atoms with Crippen molar-refractivity contribution in [2.45, 2.75) is 27.7 Å². The molecule has 29 heavy (non-hydrogen) atoms. The number of aliphatic hydroxyl groups excluding tert-OH is 1. The average molecular weight is 630 g/mol. The van der Waals surface area contributed by atoms with Crippen molar-refractivity contribution in [2.75, 3.05) is 13.2 Å². The number of rotatable bonds is 3. The summed E-state index contributed by atoms with van der Waals surface area (Å²) in [6, 6.07) is 0. The molecule has 0 unspecified atom stereocenters. The summed E-state index contributed by atoms with van der Waals surface area (Å²) < 4.78 is 55.2. The van der Waals surface area contributed by atoms with Crippen LogP contribution in [0.5, 0.6) is 0 Å². The first kappa shape index (κ1) is 57.7. The Kier molecular flexibility index (Phi) is 95.0. The first-order valence-electron chi connectivity index (χ1n) is 5.86. The Morgan fingerprint density at radius 3 is 1.03 bits per heavy atom. The van der Waals surface area contributed by atoms with Crippen LogP contribution < -0.4 is 59.1 Å². The fraction of sp³-hybridized carbons (Fsp3) is 0.500. The summed E-state index contributed by atoms with van der Waals surface area (Å²) in [6.45, 7) is 13.8. The van der Waals surface area contributed by atoms with Gasteiger partial charge in [-0.3, -0.25) is 35.3 Å². The zero-order chi connectivity index (χ0) is 21.6. The maximum Gasteiger partial charge on any atom is 1.00 e. The van der Waals surface area contributed by atoms with Gasteiger partial charge in [0.1, 0.15) is 0 Å². The maximum atomic E-state index is 10.0. The van der Waals surface area contributed by atoms with Gasteiger partial charge in [0.05, 0.1) is 0 Å². The largest absolute Gasteiger partial charge is 1.00 e. The number of carbonyl (C=O) groups excluding carboxylic acids is 1. The van der Waals surface area contributed by atoms with Gasteiger partial charge in [0, 0.05) is 65.4 Å². The Morgan fingerprint density at radius 2 is 1.00 bits per heavy atom. The Hall–Kier alpha value is 2.09. The van der Waals surface area contributed by atoms with Crippen molar-refractivity contribution >= 4 is 33.2 Å². The predicted octanol–water partition coefficient (Wildman–Crippen LogP) is -6.53. The molecule has 0 rings (SSSR count). The first-order chi connectivity index (χ1) is 11.1. The van der Waals surface area contributed by atoms with Gasteiger partial charge >= 0.3 is 80.3 Å². The molecule has 0 aliphatic carbocycles. The number of aliphatic carboxylic acids is 1. The molecule has 0 atom stereocenters. The van der Waals surface area contributed by atoms with Gasteiger partial charge in [0.15, 0.2) is 11.9 Å². The van der Waals surface area contributed by atoms with Gasteiger partial charge in [0.25, 0.3) is 0 Å². The number of esters is 1. The van der Waals surface area contributed by atoms with E-state index >= 15 is 0 Å². The summed E-state index contributed by atoms with van der Waals surface area (Å²) >= 11 is 0. The second-order valence-corrected chi connectivity index (χ2v) is 4.85. The molecule has 0 aromatic carbocycles. The van der Waals surface area contributed by atoms with E-state index in [0.29, 0.717) is 6.61 Å². The predicted molar refractivity (Wildman–Crippen MR) is 85.0 cm³/mol. The van der Waals surface area contributed by atoms with Crippen LogP contribution in [0.1, 0.15) is 27.7 Å². The SMILES string of the molecule is C[C-](C)CO.O=S(=O)=O.O=S(=O)=O.[CH2-]C(=O)O.[CH2-]C(=O)OC[C-](C)C.[Na+].[Na+].[Y].[Y]. The molecule has 0 saturated carbocycles. The van der Waals surface area contributed by atoms with E-state index in [1.807, 2.05) is 27.7 Å². The minimum absolute atomic E-state index is 0. The van der Waals surface area contributed by atoms with Crippen molar-refractivity contribution in [1.82, 2.24) is 0 Å². The van der Waals surface area contributed by atoms with Crippen LogP contribution in [-0.2, 0) is 101 Å². The third kappa shape index (κ3) is 287. The molecule has 0 aromatic rings. The van der Waals surface area contributed by atoms with Gasteiger partial charge < -0.3 is 14.9 Å². The van der Waals surface area contributed by atoms with Crippen LogP contribution in [0.15, 0.2) is 0 Å². The van der Waals surface area contributed by atoms with Crippen LogP contribution in [0.25, 0.3) is 0 Å². The third-order valence-corrected chi connectivity index (χ3v) is 0.838. The fourth-order valence-electron chi connectivity index (χ4n) is 0.225. The number of carboxylic acid groups (broad SMARTS) is 1. The molecule has 0 heterocycles. The molecule has 0 spiro atoms. The minimum Gasteiger partial charge on any atom is -0.520 e. The molecule has 2 radical (unpaired) electrons. The van der Waals surface area contributed by atoms with E-state index in [0.717, 1.165) is 11.8 Å². The topological polar surface area (TPSA) is 186 Å². The van der Waals surface area contributed by atoms with Gasteiger partial charge in [-0.2, -0.15) is 27.7 Å². The van der Waals surface area contributed by atoms with Crippen LogP contribution in [0.4, 0.5) is 0 Å². The van der Waals surface area contributed by atoms with Crippen LogP contribution >= 0.6 is 0 Å². The number of hydrogen-bond donors (Lipinski definition) is 2. The molecule has 17 heteroatoms. The van der Waals surface area contributed by atoms with E-state index in [4.69, 9.17) is 40.3 Å². The molecular formula is C12H22Na2O11S2Y2-2. The van der Waals surface area contributed by atoms with Crippen LogP contribution in [-0.4, -0.2) is 60.6 Å². The van der Waals surface area contributed by atoms with Gasteiger partial charge in [-0.1, -0.05) is 6.61 Å². The number of aliphatic hydroxyl groups is 1. The average Bonchev–Trinajstić information content (AvgIpc) is 2.35. The maximum absolute atomic E-state index is 10.0. The molecule has 0 fully saturated rings. The number of hydrogen-bond acceptors (Lipinski definition) is 10. The normalized spacial score (nSPS) is 6.72. The zero-order valence-corrected chi connectivity index (χ0v) is 28.7. The minimum atomic E-state index is -3.11. The van der Waals surface area contributed by atoms with Crippen molar-refractivity contribution in [3.63, 3.8) is 0 Å². The Labute approximate surface area is 269 Å². The zero-order valence-electron chi connectivity index (χ0n) is 17.4. The van der Waals surface area contributed by atoms with E-state index in [-0.39, 0.29) is 131 Å². The molecule has 0 amide bonds. The quantitative estimate of drug-likeness (QED) is 0.172. The van der Waals surface area contributed by atoms with Crippen molar-refractivity contribution in [3.05, 3.63) is 25.7 Å². The van der Waals surface area contributed by atoms with E-state index in [1.54, 1.807) is 0 Å². The summed E-state index contributed by atoms with van der Waals surface area (Å²) in [7, 11) is -6.22. The van der Waals surface area contributed by atoms with Crippen molar-refractivity contribution in [1.29, 1.82) is 0 Å². The molecule has 11 nitrogen and oxygen atoms in total. The second kappa shape index (κ2) is 47.8. The van der Waals surface area contributed by atoms with E-state index in [2.05, 4.69) is 18.6 Å². The molecule has 0 aliphatic rings. The smallest absolute Gasteiger partial charge is 0.520 e. The van der Waals surface area contributed by atoms with Crippen molar-refractivity contribution < 1.29 is 174 Å². The van der Waals surface area contributed by atoms with Gasteiger partial charge in [-0.05, 0) is 6.61 Å². The number of ether oxygens (including phenoxy) is 1. The molecule has 2 N–H and O–H groups in total. The summed E-state index contributed by atoms with van der Waals surface area (Å²) in [5.74, 6) is 0.582. The summed E-state index contributed by atoms with van der Waals surface area (Å²) in [4.78, 5) is 18.9. The molecular weight excluding hydrogens is 608 g/mol. The van der Waals surface area contributed by atoms with Gasteiger partial charge in [-0.25, -0.2) is 0 Å².